The molecule has 2 aromatic carbocycles. The molecule has 1 N–H and O–H groups in total. The van der Waals surface area contributed by atoms with E-state index in [0.29, 0.717) is 22.7 Å². The Kier molecular flexibility index (Phi) is 5.68. The number of amides is 1. The first kappa shape index (κ1) is 19.9. The Morgan fingerprint density at radius 2 is 1.80 bits per heavy atom. The highest BCUT2D eigenvalue weighted by atomic mass is 32.2. The van der Waals surface area contributed by atoms with E-state index in [1.54, 1.807) is 16.7 Å². The molecule has 1 amide bonds. The summed E-state index contributed by atoms with van der Waals surface area (Å²) in [6.45, 7) is 3.93. The number of aryl methyl sites for hydroxylation is 2. The van der Waals surface area contributed by atoms with Gasteiger partial charge in [0.05, 0.1) is 11.4 Å². The van der Waals surface area contributed by atoms with Crippen molar-refractivity contribution in [2.75, 3.05) is 5.32 Å². The van der Waals surface area contributed by atoms with Gasteiger partial charge in [-0.2, -0.15) is 0 Å². The number of pyridine rings is 1. The van der Waals surface area contributed by atoms with Crippen LogP contribution in [0, 0.1) is 13.8 Å². The van der Waals surface area contributed by atoms with E-state index in [1.165, 1.54) is 11.8 Å². The molecule has 0 saturated heterocycles. The molecule has 2 aromatic heterocycles. The number of aromatic nitrogens is 2. The Labute approximate surface area is 178 Å². The number of carbonyl (C=O) groups is 1. The van der Waals surface area contributed by atoms with Crippen molar-refractivity contribution >= 4 is 29.0 Å². The number of anilines is 1. The third-order valence-corrected chi connectivity index (χ3v) is 5.87. The maximum absolute atomic E-state index is 12.6. The van der Waals surface area contributed by atoms with Crippen LogP contribution in [-0.2, 0) is 5.75 Å². The Balaban J connectivity index is 1.54. The lowest BCUT2D eigenvalue weighted by molar-refractivity contribution is 0.102. The van der Waals surface area contributed by atoms with Crippen LogP contribution < -0.4 is 10.9 Å². The lowest BCUT2D eigenvalue weighted by atomic mass is 10.1. The van der Waals surface area contributed by atoms with Crippen LogP contribution >= 0.6 is 11.8 Å². The molecule has 150 valence electrons. The highest BCUT2D eigenvalue weighted by Gasteiger charge is 2.11. The third kappa shape index (κ3) is 4.28. The number of hydrogen-bond acceptors (Lipinski definition) is 4. The van der Waals surface area contributed by atoms with Gasteiger partial charge in [0.15, 0.2) is 0 Å². The fourth-order valence-corrected chi connectivity index (χ4v) is 4.03. The van der Waals surface area contributed by atoms with Crippen molar-refractivity contribution in [2.45, 2.75) is 24.5 Å². The standard InChI is InChI=1S/C24H21N3O2S/c1-16-9-11-18(12-10-16)24(29)26-20-7-3-4-8-21(20)30-15-19-14-22(28)27-13-5-6-17(2)23(27)25-19/h3-14H,15H2,1-2H3,(H,26,29). The Hall–Kier alpha value is -3.38. The van der Waals surface area contributed by atoms with Gasteiger partial charge in [-0.25, -0.2) is 4.98 Å². The van der Waals surface area contributed by atoms with Gasteiger partial charge < -0.3 is 5.32 Å². The molecule has 0 fully saturated rings. The van der Waals surface area contributed by atoms with Crippen molar-refractivity contribution in [2.24, 2.45) is 0 Å². The normalized spacial score (nSPS) is 10.9. The van der Waals surface area contributed by atoms with Crippen molar-refractivity contribution in [1.82, 2.24) is 9.38 Å². The number of para-hydroxylation sites is 1. The summed E-state index contributed by atoms with van der Waals surface area (Å²) in [5.41, 5.74) is 4.69. The van der Waals surface area contributed by atoms with E-state index in [4.69, 9.17) is 0 Å². The first-order valence-electron chi connectivity index (χ1n) is 9.59. The van der Waals surface area contributed by atoms with Gasteiger partial charge in [-0.05, 0) is 49.7 Å². The topological polar surface area (TPSA) is 63.5 Å². The second-order valence-electron chi connectivity index (χ2n) is 7.08. The van der Waals surface area contributed by atoms with Crippen LogP contribution in [-0.4, -0.2) is 15.3 Å². The van der Waals surface area contributed by atoms with Gasteiger partial charge in [-0.1, -0.05) is 35.9 Å². The van der Waals surface area contributed by atoms with Crippen molar-refractivity contribution in [3.05, 3.63) is 106 Å². The Morgan fingerprint density at radius 3 is 2.60 bits per heavy atom. The second-order valence-corrected chi connectivity index (χ2v) is 8.09. The second kappa shape index (κ2) is 8.55. The molecule has 4 aromatic rings. The van der Waals surface area contributed by atoms with Crippen LogP contribution in [0.2, 0.25) is 0 Å². The molecule has 2 heterocycles. The average molecular weight is 416 g/mol. The van der Waals surface area contributed by atoms with Gasteiger partial charge in [0, 0.05) is 28.5 Å². The Morgan fingerprint density at radius 1 is 1.03 bits per heavy atom. The highest BCUT2D eigenvalue weighted by molar-refractivity contribution is 7.98. The zero-order valence-electron chi connectivity index (χ0n) is 16.8. The van der Waals surface area contributed by atoms with Crippen LogP contribution in [0.4, 0.5) is 5.69 Å². The van der Waals surface area contributed by atoms with Gasteiger partial charge in [0.1, 0.15) is 5.65 Å². The molecule has 0 aliphatic carbocycles. The lowest BCUT2D eigenvalue weighted by Crippen LogP contribution is -2.15. The van der Waals surface area contributed by atoms with Gasteiger partial charge in [-0.3, -0.25) is 14.0 Å². The summed E-state index contributed by atoms with van der Waals surface area (Å²) in [5, 5.41) is 2.99. The third-order valence-electron chi connectivity index (χ3n) is 4.76. The molecular formula is C24H21N3O2S. The minimum Gasteiger partial charge on any atom is -0.321 e. The maximum Gasteiger partial charge on any atom is 0.258 e. The molecule has 0 saturated carbocycles. The van der Waals surface area contributed by atoms with E-state index in [-0.39, 0.29) is 11.5 Å². The molecule has 0 atom stereocenters. The van der Waals surface area contributed by atoms with Crippen molar-refractivity contribution in [3.63, 3.8) is 0 Å². The van der Waals surface area contributed by atoms with Gasteiger partial charge in [0.25, 0.3) is 11.5 Å². The predicted octanol–water partition coefficient (Wildman–Crippen LogP) is 4.86. The van der Waals surface area contributed by atoms with Crippen LogP contribution in [0.15, 0.2) is 82.6 Å². The monoisotopic (exact) mass is 415 g/mol. The van der Waals surface area contributed by atoms with Crippen molar-refractivity contribution in [3.8, 4) is 0 Å². The zero-order valence-corrected chi connectivity index (χ0v) is 17.6. The SMILES string of the molecule is Cc1ccc(C(=O)Nc2ccccc2SCc2cc(=O)n3cccc(C)c3n2)cc1. The molecule has 5 nitrogen and oxygen atoms in total. The zero-order chi connectivity index (χ0) is 21.1. The van der Waals surface area contributed by atoms with E-state index in [0.717, 1.165) is 21.7 Å². The summed E-state index contributed by atoms with van der Waals surface area (Å²) in [5.74, 6) is 0.373. The number of rotatable bonds is 5. The quantitative estimate of drug-likeness (QED) is 0.473. The number of nitrogens with one attached hydrogen (secondary N) is 1. The number of nitrogens with zero attached hydrogens (tertiary/aromatic N) is 2. The minimum atomic E-state index is -0.152. The molecule has 30 heavy (non-hydrogen) atoms. The van der Waals surface area contributed by atoms with Crippen molar-refractivity contribution in [1.29, 1.82) is 0 Å². The summed E-state index contributed by atoms with van der Waals surface area (Å²) in [7, 11) is 0. The minimum absolute atomic E-state index is 0.0970. The number of benzene rings is 2. The summed E-state index contributed by atoms with van der Waals surface area (Å²) < 4.78 is 1.55. The molecule has 0 spiro atoms. The van der Waals surface area contributed by atoms with Gasteiger partial charge >= 0.3 is 0 Å². The van der Waals surface area contributed by atoms with E-state index < -0.39 is 0 Å². The fraction of sp³-hybridized carbons (Fsp3) is 0.125. The summed E-state index contributed by atoms with van der Waals surface area (Å²) in [6, 6.07) is 20.5. The lowest BCUT2D eigenvalue weighted by Gasteiger charge is -2.11. The fourth-order valence-electron chi connectivity index (χ4n) is 3.13. The first-order valence-corrected chi connectivity index (χ1v) is 10.6. The molecular weight excluding hydrogens is 394 g/mol. The van der Waals surface area contributed by atoms with Crippen LogP contribution in [0.1, 0.15) is 27.2 Å². The molecule has 6 heteroatoms. The number of fused-ring (bicyclic) bond motifs is 1. The molecule has 0 bridgehead atoms. The van der Waals surface area contributed by atoms with Crippen molar-refractivity contribution < 1.29 is 4.79 Å². The summed E-state index contributed by atoms with van der Waals surface area (Å²) >= 11 is 1.54. The van der Waals surface area contributed by atoms with Gasteiger partial charge in [-0.15, -0.1) is 11.8 Å². The van der Waals surface area contributed by atoms with Crippen LogP contribution in [0.5, 0.6) is 0 Å². The maximum atomic E-state index is 12.6. The van der Waals surface area contributed by atoms with Crippen LogP contribution in [0.3, 0.4) is 0 Å². The van der Waals surface area contributed by atoms with E-state index in [9.17, 15) is 9.59 Å². The molecule has 0 unspecified atom stereocenters. The average Bonchev–Trinajstić information content (AvgIpc) is 2.74. The Bertz CT molecular complexity index is 1280. The summed E-state index contributed by atoms with van der Waals surface area (Å²) in [6.07, 6.45) is 1.73. The molecule has 0 aliphatic heterocycles. The number of thioether (sulfide) groups is 1. The van der Waals surface area contributed by atoms with E-state index >= 15 is 0 Å². The smallest absolute Gasteiger partial charge is 0.258 e. The van der Waals surface area contributed by atoms with Crippen LogP contribution in [0.25, 0.3) is 5.65 Å². The molecule has 0 radical (unpaired) electrons. The molecule has 0 aliphatic rings. The summed E-state index contributed by atoms with van der Waals surface area (Å²) in [4.78, 5) is 30.6. The van der Waals surface area contributed by atoms with E-state index in [2.05, 4.69) is 10.3 Å². The van der Waals surface area contributed by atoms with E-state index in [1.807, 2.05) is 74.5 Å². The van der Waals surface area contributed by atoms with Gasteiger partial charge in [0.2, 0.25) is 0 Å². The predicted molar refractivity (Wildman–Crippen MR) is 121 cm³/mol. The highest BCUT2D eigenvalue weighted by Crippen LogP contribution is 2.29. The molecule has 4 rings (SSSR count). The largest absolute Gasteiger partial charge is 0.321 e. The first-order chi connectivity index (χ1) is 14.5. The number of hydrogen-bond donors (Lipinski definition) is 1. The number of carbonyl (C=O) groups excluding carboxylic acids is 1.